The number of ether oxygens (including phenoxy) is 3. The molecular formula is C51H60N4O8. The lowest BCUT2D eigenvalue weighted by Crippen LogP contribution is -2.58. The maximum absolute atomic E-state index is 14.7. The molecule has 2 heterocycles. The molecule has 0 spiro atoms. The summed E-state index contributed by atoms with van der Waals surface area (Å²) in [4.78, 5) is 73.5. The van der Waals surface area contributed by atoms with Gasteiger partial charge in [-0.1, -0.05) is 91.0 Å². The number of amides is 4. The molecule has 0 bridgehead atoms. The maximum Gasteiger partial charge on any atom is 0.407 e. The van der Waals surface area contributed by atoms with Crippen molar-refractivity contribution in [1.29, 1.82) is 0 Å². The zero-order chi connectivity index (χ0) is 44.9. The minimum Gasteiger partial charge on any atom is -0.488 e. The van der Waals surface area contributed by atoms with E-state index in [0.29, 0.717) is 38.0 Å². The van der Waals surface area contributed by atoms with Crippen LogP contribution in [0.3, 0.4) is 0 Å². The Kier molecular flexibility index (Phi) is 13.6. The summed E-state index contributed by atoms with van der Waals surface area (Å²) in [6, 6.07) is 29.1. The van der Waals surface area contributed by atoms with Crippen LogP contribution in [0, 0.1) is 0 Å². The molecule has 4 aromatic rings. The molecule has 0 saturated carbocycles. The van der Waals surface area contributed by atoms with Crippen molar-refractivity contribution in [1.82, 2.24) is 20.4 Å². The van der Waals surface area contributed by atoms with Crippen LogP contribution in [0.25, 0.3) is 11.1 Å². The van der Waals surface area contributed by atoms with Crippen LogP contribution >= 0.6 is 0 Å². The predicted molar refractivity (Wildman–Crippen MR) is 240 cm³/mol. The van der Waals surface area contributed by atoms with Gasteiger partial charge in [-0.25, -0.2) is 9.59 Å². The second-order valence-corrected chi connectivity index (χ2v) is 18.7. The van der Waals surface area contributed by atoms with Crippen LogP contribution in [0.4, 0.5) is 4.79 Å². The predicted octanol–water partition coefficient (Wildman–Crippen LogP) is 7.36. The van der Waals surface area contributed by atoms with Gasteiger partial charge in [0.05, 0.1) is 0 Å². The molecule has 2 aliphatic heterocycles. The number of rotatable bonds is 13. The molecule has 12 heteroatoms. The Morgan fingerprint density at radius 3 is 1.70 bits per heavy atom. The lowest BCUT2D eigenvalue weighted by Gasteiger charge is -2.32. The molecule has 332 valence electrons. The Morgan fingerprint density at radius 2 is 1.13 bits per heavy atom. The molecule has 4 amide bonds. The van der Waals surface area contributed by atoms with Crippen molar-refractivity contribution < 1.29 is 38.2 Å². The second kappa shape index (κ2) is 19.1. The van der Waals surface area contributed by atoms with E-state index in [9.17, 15) is 24.0 Å². The number of nitrogens with one attached hydrogen (secondary N) is 2. The first-order valence-corrected chi connectivity index (χ1v) is 22.1. The van der Waals surface area contributed by atoms with E-state index in [1.54, 1.807) is 20.8 Å². The van der Waals surface area contributed by atoms with E-state index < -0.39 is 59.2 Å². The average Bonchev–Trinajstić information content (AvgIpc) is 4.01. The maximum atomic E-state index is 14.7. The average molecular weight is 857 g/mol. The van der Waals surface area contributed by atoms with Crippen molar-refractivity contribution in [2.75, 3.05) is 19.7 Å². The minimum absolute atomic E-state index is 0.0665. The number of nitrogens with zero attached hydrogens (tertiary/aromatic N) is 2. The highest BCUT2D eigenvalue weighted by Crippen LogP contribution is 2.44. The minimum atomic E-state index is -1.08. The highest BCUT2D eigenvalue weighted by atomic mass is 16.6. The van der Waals surface area contributed by atoms with Gasteiger partial charge in [-0.2, -0.15) is 0 Å². The number of hydrogen-bond acceptors (Lipinski definition) is 8. The Bertz CT molecular complexity index is 2240. The van der Waals surface area contributed by atoms with Crippen LogP contribution in [0.2, 0.25) is 0 Å². The Labute approximate surface area is 370 Å². The summed E-state index contributed by atoms with van der Waals surface area (Å²) < 4.78 is 17.6. The van der Waals surface area contributed by atoms with Crippen molar-refractivity contribution in [3.8, 4) is 16.9 Å². The van der Waals surface area contributed by atoms with Gasteiger partial charge in [-0.05, 0) is 113 Å². The number of fused-ring (bicyclic) bond motifs is 3. The van der Waals surface area contributed by atoms with Crippen LogP contribution in [-0.4, -0.2) is 94.6 Å². The van der Waals surface area contributed by atoms with Crippen molar-refractivity contribution in [2.24, 2.45) is 0 Å². The van der Waals surface area contributed by atoms with Crippen LogP contribution in [-0.2, 0) is 41.5 Å². The van der Waals surface area contributed by atoms with Crippen LogP contribution in [0.1, 0.15) is 95.4 Å². The van der Waals surface area contributed by atoms with E-state index in [0.717, 1.165) is 33.4 Å². The van der Waals surface area contributed by atoms with Gasteiger partial charge in [0.25, 0.3) is 0 Å². The van der Waals surface area contributed by atoms with Crippen molar-refractivity contribution in [3.63, 3.8) is 0 Å². The van der Waals surface area contributed by atoms with Gasteiger partial charge in [0.1, 0.15) is 47.7 Å². The summed E-state index contributed by atoms with van der Waals surface area (Å²) in [7, 11) is 0. The van der Waals surface area contributed by atoms with Gasteiger partial charge in [0, 0.05) is 31.8 Å². The van der Waals surface area contributed by atoms with E-state index in [2.05, 4.69) is 22.8 Å². The van der Waals surface area contributed by atoms with Gasteiger partial charge < -0.3 is 34.6 Å². The molecule has 12 nitrogen and oxygen atoms in total. The van der Waals surface area contributed by atoms with Crippen molar-refractivity contribution in [3.05, 3.63) is 125 Å². The highest BCUT2D eigenvalue weighted by molar-refractivity contribution is 5.95. The van der Waals surface area contributed by atoms with Gasteiger partial charge in [-0.3, -0.25) is 14.4 Å². The third-order valence-corrected chi connectivity index (χ3v) is 11.7. The highest BCUT2D eigenvalue weighted by Gasteiger charge is 2.43. The van der Waals surface area contributed by atoms with Gasteiger partial charge in [0.15, 0.2) is 0 Å². The fraction of sp³-hybridized carbons (Fsp3) is 0.431. The molecule has 0 aromatic heterocycles. The summed E-state index contributed by atoms with van der Waals surface area (Å²) in [6.07, 6.45) is 1.56. The largest absolute Gasteiger partial charge is 0.488 e. The summed E-state index contributed by atoms with van der Waals surface area (Å²) >= 11 is 0. The number of benzene rings is 4. The lowest BCUT2D eigenvalue weighted by molar-refractivity contribution is -0.163. The molecule has 2 N–H and O–H groups in total. The number of carbonyl (C=O) groups is 5. The molecule has 2 fully saturated rings. The van der Waals surface area contributed by atoms with Crippen LogP contribution in [0.5, 0.6) is 5.75 Å². The van der Waals surface area contributed by atoms with E-state index in [-0.39, 0.29) is 37.8 Å². The van der Waals surface area contributed by atoms with Gasteiger partial charge >= 0.3 is 12.1 Å². The molecule has 0 radical (unpaired) electrons. The Hall–Kier alpha value is -6.17. The normalized spacial score (nSPS) is 18.2. The number of esters is 1. The topological polar surface area (TPSA) is 144 Å². The fourth-order valence-corrected chi connectivity index (χ4v) is 8.93. The van der Waals surface area contributed by atoms with Crippen molar-refractivity contribution >= 4 is 29.8 Å². The molecule has 7 rings (SSSR count). The summed E-state index contributed by atoms with van der Waals surface area (Å²) in [5.74, 6) is -1.29. The summed E-state index contributed by atoms with van der Waals surface area (Å²) in [5, 5.41) is 5.86. The molecule has 4 aromatic carbocycles. The third kappa shape index (κ3) is 11.1. The number of likely N-dealkylation sites (tertiary alicyclic amines) is 2. The molecular weight excluding hydrogens is 797 g/mol. The molecule has 1 aliphatic carbocycles. The monoisotopic (exact) mass is 856 g/mol. The molecule has 4 atom stereocenters. The smallest absolute Gasteiger partial charge is 0.407 e. The SMILES string of the molecule is CC(C)(C)OC(=O)[C@@H]1CCCN1C(=O)[C@H](Cc1ccccc1)NC(=O)[C@@H]1CCCN1C(=O)[C@H](Cc1ccc(OC(C)(C)C)cc1)NC(=O)OCC1c2ccccc2-c2ccccc21. The summed E-state index contributed by atoms with van der Waals surface area (Å²) in [5.41, 5.74) is 4.80. The second-order valence-electron chi connectivity index (χ2n) is 18.7. The van der Waals surface area contributed by atoms with Crippen LogP contribution in [0.15, 0.2) is 103 Å². The zero-order valence-corrected chi connectivity index (χ0v) is 37.2. The first kappa shape index (κ1) is 44.9. The fourth-order valence-electron chi connectivity index (χ4n) is 8.93. The standard InChI is InChI=1S/C51H60N4O8/c1-50(2,3)62-35-26-24-34(25-27-35)31-42(53-49(60)61-32-40-38-20-12-10-18-36(38)37-19-11-13-21-39(37)40)47(58)54-28-14-22-43(54)45(56)52-41(30-33-16-8-7-9-17-33)46(57)55-29-15-23-44(55)48(59)63-51(4,5)6/h7-13,16-21,24-27,40-44H,14-15,22-23,28-32H2,1-6H3,(H,52,56)(H,53,60)/t41-,42-,43-,44-/m0/s1. The zero-order valence-electron chi connectivity index (χ0n) is 37.2. The Balaban J connectivity index is 1.09. The quantitative estimate of drug-likeness (QED) is 0.133. The first-order valence-electron chi connectivity index (χ1n) is 22.1. The number of hydrogen-bond donors (Lipinski definition) is 2. The molecule has 3 aliphatic rings. The third-order valence-electron chi connectivity index (χ3n) is 11.7. The van der Waals surface area contributed by atoms with Gasteiger partial charge in [-0.15, -0.1) is 0 Å². The first-order chi connectivity index (χ1) is 30.0. The number of alkyl carbamates (subject to hydrolysis) is 1. The van der Waals surface area contributed by atoms with E-state index in [4.69, 9.17) is 14.2 Å². The van der Waals surface area contributed by atoms with E-state index in [1.807, 2.05) is 112 Å². The van der Waals surface area contributed by atoms with E-state index >= 15 is 0 Å². The number of carbonyl (C=O) groups excluding carboxylic acids is 5. The van der Waals surface area contributed by atoms with E-state index in [1.165, 1.54) is 9.80 Å². The molecule has 0 unspecified atom stereocenters. The molecule has 63 heavy (non-hydrogen) atoms. The summed E-state index contributed by atoms with van der Waals surface area (Å²) in [6.45, 7) is 11.9. The molecule has 2 saturated heterocycles. The van der Waals surface area contributed by atoms with Gasteiger partial charge in [0.2, 0.25) is 17.7 Å². The lowest BCUT2D eigenvalue weighted by atomic mass is 9.98. The van der Waals surface area contributed by atoms with Crippen LogP contribution < -0.4 is 15.4 Å². The van der Waals surface area contributed by atoms with Crippen molar-refractivity contribution in [2.45, 2.75) is 121 Å². The Morgan fingerprint density at radius 1 is 0.619 bits per heavy atom.